The van der Waals surface area contributed by atoms with Crippen LogP contribution in [0.3, 0.4) is 0 Å². The Morgan fingerprint density at radius 2 is 2.12 bits per heavy atom. The number of hydrogen-bond donors (Lipinski definition) is 1. The van der Waals surface area contributed by atoms with Crippen molar-refractivity contribution in [1.29, 1.82) is 0 Å². The molecular weight excluding hydrogens is 322 g/mol. The first-order valence-electron chi connectivity index (χ1n) is 8.20. The number of aryl methyl sites for hydroxylation is 1. The number of nitrogens with one attached hydrogen (secondary N) is 1. The molecule has 3 heterocycles. The first-order valence-corrected chi connectivity index (χ1v) is 8.20. The standard InChI is InChI=1S/C17H21N5O3/c1-12(23)21-7-4-8-22-15(11-21)19-13(9-16(22)24)10-18-17(25)14-5-3-6-20(14)2/h3,5-6,9H,4,7-8,10-11H2,1-2H3,(H,18,25). The molecule has 3 rings (SSSR count). The van der Waals surface area contributed by atoms with Gasteiger partial charge in [0.05, 0.1) is 18.8 Å². The van der Waals surface area contributed by atoms with E-state index in [0.717, 1.165) is 6.42 Å². The van der Waals surface area contributed by atoms with Gasteiger partial charge in [0.25, 0.3) is 11.5 Å². The fourth-order valence-corrected chi connectivity index (χ4v) is 2.95. The predicted octanol–water partition coefficient (Wildman–Crippen LogP) is 0.264. The Balaban J connectivity index is 1.78. The van der Waals surface area contributed by atoms with Gasteiger partial charge in [-0.15, -0.1) is 0 Å². The first kappa shape index (κ1) is 16.9. The van der Waals surface area contributed by atoms with Gasteiger partial charge in [-0.25, -0.2) is 4.98 Å². The van der Waals surface area contributed by atoms with Gasteiger partial charge >= 0.3 is 0 Å². The van der Waals surface area contributed by atoms with Crippen molar-refractivity contribution in [2.45, 2.75) is 33.0 Å². The van der Waals surface area contributed by atoms with E-state index >= 15 is 0 Å². The average molecular weight is 343 g/mol. The van der Waals surface area contributed by atoms with Crippen LogP contribution in [-0.2, 0) is 31.5 Å². The van der Waals surface area contributed by atoms with Crippen LogP contribution in [0.5, 0.6) is 0 Å². The molecule has 0 atom stereocenters. The lowest BCUT2D eigenvalue weighted by Crippen LogP contribution is -2.31. The Labute approximate surface area is 145 Å². The molecular formula is C17H21N5O3. The Morgan fingerprint density at radius 1 is 1.32 bits per heavy atom. The van der Waals surface area contributed by atoms with Gasteiger partial charge in [0.2, 0.25) is 5.91 Å². The minimum absolute atomic E-state index is 0.0369. The van der Waals surface area contributed by atoms with Crippen molar-refractivity contribution < 1.29 is 9.59 Å². The molecule has 2 aromatic heterocycles. The molecule has 0 saturated carbocycles. The monoisotopic (exact) mass is 343 g/mol. The fraction of sp³-hybridized carbons (Fsp3) is 0.412. The lowest BCUT2D eigenvalue weighted by molar-refractivity contribution is -0.129. The minimum Gasteiger partial charge on any atom is -0.347 e. The quantitative estimate of drug-likeness (QED) is 0.866. The third-order valence-electron chi connectivity index (χ3n) is 4.33. The lowest BCUT2D eigenvalue weighted by Gasteiger charge is -2.18. The van der Waals surface area contributed by atoms with Crippen molar-refractivity contribution in [2.24, 2.45) is 7.05 Å². The maximum absolute atomic E-state index is 12.3. The van der Waals surface area contributed by atoms with Gasteiger partial charge in [-0.1, -0.05) is 0 Å². The van der Waals surface area contributed by atoms with Crippen molar-refractivity contribution in [3.63, 3.8) is 0 Å². The number of carbonyl (C=O) groups excluding carboxylic acids is 2. The third-order valence-corrected chi connectivity index (χ3v) is 4.33. The zero-order valence-corrected chi connectivity index (χ0v) is 14.4. The normalized spacial score (nSPS) is 13.9. The molecule has 0 bridgehead atoms. The Hall–Kier alpha value is -2.90. The summed E-state index contributed by atoms with van der Waals surface area (Å²) in [7, 11) is 1.79. The predicted molar refractivity (Wildman–Crippen MR) is 90.8 cm³/mol. The molecule has 0 spiro atoms. The topological polar surface area (TPSA) is 89.2 Å². The number of amides is 2. The largest absolute Gasteiger partial charge is 0.347 e. The summed E-state index contributed by atoms with van der Waals surface area (Å²) in [5.41, 5.74) is 0.872. The van der Waals surface area contributed by atoms with Crippen LogP contribution in [-0.4, -0.2) is 37.4 Å². The molecule has 132 valence electrons. The highest BCUT2D eigenvalue weighted by Gasteiger charge is 2.19. The van der Waals surface area contributed by atoms with Crippen molar-refractivity contribution in [2.75, 3.05) is 6.54 Å². The van der Waals surface area contributed by atoms with Crippen LogP contribution >= 0.6 is 0 Å². The number of fused-ring (bicyclic) bond motifs is 1. The highest BCUT2D eigenvalue weighted by atomic mass is 16.2. The van der Waals surface area contributed by atoms with E-state index in [9.17, 15) is 14.4 Å². The van der Waals surface area contributed by atoms with Crippen LogP contribution in [0.25, 0.3) is 0 Å². The minimum atomic E-state index is -0.227. The van der Waals surface area contributed by atoms with E-state index in [0.29, 0.717) is 36.8 Å². The molecule has 8 nitrogen and oxygen atoms in total. The van der Waals surface area contributed by atoms with Gasteiger partial charge in [-0.3, -0.25) is 19.0 Å². The van der Waals surface area contributed by atoms with Crippen molar-refractivity contribution in [3.8, 4) is 0 Å². The summed E-state index contributed by atoms with van der Waals surface area (Å²) >= 11 is 0. The molecule has 1 aliphatic heterocycles. The van der Waals surface area contributed by atoms with Gasteiger partial charge in [0.15, 0.2) is 0 Å². The Kier molecular flexibility index (Phi) is 4.69. The van der Waals surface area contributed by atoms with E-state index in [4.69, 9.17) is 0 Å². The van der Waals surface area contributed by atoms with Crippen molar-refractivity contribution in [3.05, 3.63) is 52.0 Å². The molecule has 0 radical (unpaired) electrons. The van der Waals surface area contributed by atoms with Gasteiger partial charge < -0.3 is 14.8 Å². The molecule has 1 aliphatic rings. The molecule has 1 N–H and O–H groups in total. The number of aromatic nitrogens is 3. The number of rotatable bonds is 3. The summed E-state index contributed by atoms with van der Waals surface area (Å²) in [6.07, 6.45) is 2.51. The van der Waals surface area contributed by atoms with Gasteiger partial charge in [-0.2, -0.15) is 0 Å². The second-order valence-electron chi connectivity index (χ2n) is 6.13. The smallest absolute Gasteiger partial charge is 0.268 e. The number of nitrogens with zero attached hydrogens (tertiary/aromatic N) is 4. The lowest BCUT2D eigenvalue weighted by atomic mass is 10.3. The van der Waals surface area contributed by atoms with Crippen LogP contribution in [0.2, 0.25) is 0 Å². The maximum Gasteiger partial charge on any atom is 0.268 e. The van der Waals surface area contributed by atoms with Crippen molar-refractivity contribution >= 4 is 11.8 Å². The van der Waals surface area contributed by atoms with E-state index in [1.165, 1.54) is 13.0 Å². The SMILES string of the molecule is CC(=O)N1CCCn2c(nc(CNC(=O)c3cccn3C)cc2=O)C1. The van der Waals surface area contributed by atoms with Crippen LogP contribution < -0.4 is 10.9 Å². The molecule has 0 fully saturated rings. The maximum atomic E-state index is 12.3. The van der Waals surface area contributed by atoms with Crippen LogP contribution in [0.1, 0.15) is 35.4 Å². The Morgan fingerprint density at radius 3 is 2.80 bits per heavy atom. The third kappa shape index (κ3) is 3.62. The Bertz CT molecular complexity index is 867. The molecule has 0 aromatic carbocycles. The molecule has 2 amide bonds. The highest BCUT2D eigenvalue weighted by Crippen LogP contribution is 2.09. The zero-order valence-electron chi connectivity index (χ0n) is 14.4. The van der Waals surface area contributed by atoms with Gasteiger partial charge in [0.1, 0.15) is 11.5 Å². The zero-order chi connectivity index (χ0) is 18.0. The fourth-order valence-electron chi connectivity index (χ4n) is 2.95. The van der Waals surface area contributed by atoms with Crippen LogP contribution in [0, 0.1) is 0 Å². The summed E-state index contributed by atoms with van der Waals surface area (Å²) in [6, 6.07) is 4.95. The van der Waals surface area contributed by atoms with E-state index in [-0.39, 0.29) is 23.9 Å². The van der Waals surface area contributed by atoms with Crippen LogP contribution in [0.4, 0.5) is 0 Å². The summed E-state index contributed by atoms with van der Waals surface area (Å²) in [4.78, 5) is 42.3. The molecule has 0 saturated heterocycles. The molecule has 0 aliphatic carbocycles. The summed E-state index contributed by atoms with van der Waals surface area (Å²) < 4.78 is 3.32. The first-order chi connectivity index (χ1) is 12.0. The number of hydrogen-bond acceptors (Lipinski definition) is 4. The molecule has 0 unspecified atom stereocenters. The highest BCUT2D eigenvalue weighted by molar-refractivity contribution is 5.92. The van der Waals surface area contributed by atoms with E-state index in [2.05, 4.69) is 10.3 Å². The van der Waals surface area contributed by atoms with E-state index in [1.54, 1.807) is 39.4 Å². The van der Waals surface area contributed by atoms with Crippen LogP contribution in [0.15, 0.2) is 29.2 Å². The second-order valence-corrected chi connectivity index (χ2v) is 6.13. The summed E-state index contributed by atoms with van der Waals surface area (Å²) in [5, 5.41) is 2.77. The second kappa shape index (κ2) is 6.92. The van der Waals surface area contributed by atoms with Gasteiger partial charge in [-0.05, 0) is 18.6 Å². The van der Waals surface area contributed by atoms with Gasteiger partial charge in [0, 0.05) is 39.3 Å². The molecule has 2 aromatic rings. The average Bonchev–Trinajstić information content (AvgIpc) is 2.87. The summed E-state index contributed by atoms with van der Waals surface area (Å²) in [5.74, 6) is 0.295. The van der Waals surface area contributed by atoms with Crippen molar-refractivity contribution in [1.82, 2.24) is 24.3 Å². The van der Waals surface area contributed by atoms with E-state index in [1.807, 2.05) is 0 Å². The molecule has 8 heteroatoms. The molecule has 25 heavy (non-hydrogen) atoms. The van der Waals surface area contributed by atoms with E-state index < -0.39 is 0 Å². The number of carbonyl (C=O) groups is 2. The summed E-state index contributed by atoms with van der Waals surface area (Å²) in [6.45, 7) is 3.13.